The third kappa shape index (κ3) is 1.47. The van der Waals surface area contributed by atoms with Gasteiger partial charge >= 0.3 is 0 Å². The van der Waals surface area contributed by atoms with Crippen LogP contribution < -0.4 is 0 Å². The van der Waals surface area contributed by atoms with Crippen LogP contribution in [0, 0.1) is 13.8 Å². The van der Waals surface area contributed by atoms with Gasteiger partial charge in [-0.2, -0.15) is 0 Å². The summed E-state index contributed by atoms with van der Waals surface area (Å²) in [5.74, 6) is 0. The number of aryl methyl sites for hydroxylation is 2. The Morgan fingerprint density at radius 1 is 1.23 bits per heavy atom. The van der Waals surface area contributed by atoms with Gasteiger partial charge in [0.1, 0.15) is 0 Å². The molecule has 1 heterocycles. The zero-order valence-electron chi connectivity index (χ0n) is 7.86. The van der Waals surface area contributed by atoms with Gasteiger partial charge in [-0.25, -0.2) is 4.98 Å². The second-order valence-electron chi connectivity index (χ2n) is 3.26. The smallest absolute Gasteiger partial charge is 0.0991 e. The quantitative estimate of drug-likeness (QED) is 0.646. The molecule has 2 aromatic rings. The maximum Gasteiger partial charge on any atom is 0.0991 e. The highest BCUT2D eigenvalue weighted by Crippen LogP contribution is 2.14. The van der Waals surface area contributed by atoms with Crippen molar-refractivity contribution >= 4 is 0 Å². The number of benzene rings is 1. The lowest BCUT2D eigenvalue weighted by Crippen LogP contribution is -1.93. The lowest BCUT2D eigenvalue weighted by atomic mass is 10.1. The van der Waals surface area contributed by atoms with E-state index in [1.807, 2.05) is 17.1 Å². The molecule has 13 heavy (non-hydrogen) atoms. The van der Waals surface area contributed by atoms with Crippen LogP contribution >= 0.6 is 0 Å². The van der Waals surface area contributed by atoms with Gasteiger partial charge in [0.2, 0.25) is 0 Å². The monoisotopic (exact) mass is 172 g/mol. The molecule has 1 aromatic carbocycles. The van der Waals surface area contributed by atoms with E-state index in [0.717, 1.165) is 0 Å². The Hall–Kier alpha value is -1.57. The number of hydrogen-bond donors (Lipinski definition) is 0. The van der Waals surface area contributed by atoms with Crippen LogP contribution in [-0.4, -0.2) is 9.55 Å². The minimum absolute atomic E-state index is 1.21. The van der Waals surface area contributed by atoms with E-state index in [-0.39, 0.29) is 0 Å². The number of aromatic nitrogens is 2. The van der Waals surface area contributed by atoms with Crippen molar-refractivity contribution < 1.29 is 0 Å². The predicted molar refractivity (Wildman–Crippen MR) is 53.0 cm³/mol. The first-order chi connectivity index (χ1) is 6.27. The Morgan fingerprint density at radius 2 is 2.08 bits per heavy atom. The van der Waals surface area contributed by atoms with Crippen LogP contribution in [0.5, 0.6) is 0 Å². The zero-order chi connectivity index (χ0) is 9.26. The van der Waals surface area contributed by atoms with Crippen molar-refractivity contribution in [1.82, 2.24) is 9.55 Å². The molecule has 0 bridgehead atoms. The Bertz CT molecular complexity index is 402. The Kier molecular flexibility index (Phi) is 1.89. The summed E-state index contributed by atoms with van der Waals surface area (Å²) < 4.78 is 2.03. The average Bonchev–Trinajstić information content (AvgIpc) is 2.61. The Labute approximate surface area is 77.9 Å². The van der Waals surface area contributed by atoms with E-state index in [4.69, 9.17) is 0 Å². The van der Waals surface area contributed by atoms with Crippen LogP contribution in [0.3, 0.4) is 0 Å². The summed E-state index contributed by atoms with van der Waals surface area (Å²) in [6.07, 6.45) is 5.57. The molecule has 2 nitrogen and oxygen atoms in total. The van der Waals surface area contributed by atoms with Crippen molar-refractivity contribution in [1.29, 1.82) is 0 Å². The molecule has 0 unspecified atom stereocenters. The van der Waals surface area contributed by atoms with Gasteiger partial charge < -0.3 is 4.57 Å². The van der Waals surface area contributed by atoms with Gasteiger partial charge in [0.15, 0.2) is 0 Å². The predicted octanol–water partition coefficient (Wildman–Crippen LogP) is 2.49. The standard InChI is InChI=1S/C11H12N2/c1-9-3-4-10(2)11(7-9)13-6-5-12-8-13/h3-8H,1-2H3. The van der Waals surface area contributed by atoms with E-state index in [0.29, 0.717) is 0 Å². The molecule has 0 aliphatic rings. The zero-order valence-corrected chi connectivity index (χ0v) is 7.86. The van der Waals surface area contributed by atoms with Gasteiger partial charge in [-0.05, 0) is 31.0 Å². The van der Waals surface area contributed by atoms with Gasteiger partial charge in [0.25, 0.3) is 0 Å². The molecule has 0 radical (unpaired) electrons. The van der Waals surface area contributed by atoms with Crippen LogP contribution in [0.25, 0.3) is 5.69 Å². The molecular formula is C11H12N2. The topological polar surface area (TPSA) is 17.8 Å². The molecule has 0 aliphatic heterocycles. The van der Waals surface area contributed by atoms with Crippen molar-refractivity contribution in [3.63, 3.8) is 0 Å². The number of rotatable bonds is 1. The van der Waals surface area contributed by atoms with Crippen molar-refractivity contribution in [2.75, 3.05) is 0 Å². The Morgan fingerprint density at radius 3 is 2.77 bits per heavy atom. The number of nitrogens with zero attached hydrogens (tertiary/aromatic N) is 2. The van der Waals surface area contributed by atoms with Gasteiger partial charge in [0.05, 0.1) is 6.33 Å². The molecule has 66 valence electrons. The summed E-state index contributed by atoms with van der Waals surface area (Å²) in [6.45, 7) is 4.20. The van der Waals surface area contributed by atoms with Gasteiger partial charge in [-0.3, -0.25) is 0 Å². The van der Waals surface area contributed by atoms with Gasteiger partial charge in [0, 0.05) is 18.1 Å². The van der Waals surface area contributed by atoms with E-state index in [1.54, 1.807) is 6.20 Å². The first-order valence-electron chi connectivity index (χ1n) is 4.33. The summed E-state index contributed by atoms with van der Waals surface area (Å²) in [6, 6.07) is 6.41. The van der Waals surface area contributed by atoms with Crippen molar-refractivity contribution in [2.45, 2.75) is 13.8 Å². The molecule has 0 spiro atoms. The molecule has 0 saturated heterocycles. The summed E-state index contributed by atoms with van der Waals surface area (Å²) in [5.41, 5.74) is 3.75. The minimum Gasteiger partial charge on any atom is -0.306 e. The summed E-state index contributed by atoms with van der Waals surface area (Å²) in [7, 11) is 0. The SMILES string of the molecule is Cc1ccc(C)c(-n2ccnc2)c1. The lowest BCUT2D eigenvalue weighted by Gasteiger charge is -2.06. The largest absolute Gasteiger partial charge is 0.306 e. The second-order valence-corrected chi connectivity index (χ2v) is 3.26. The molecule has 0 aliphatic carbocycles. The average molecular weight is 172 g/mol. The molecule has 1 aromatic heterocycles. The molecule has 2 heteroatoms. The first kappa shape index (κ1) is 8.05. The van der Waals surface area contributed by atoms with Crippen LogP contribution in [-0.2, 0) is 0 Å². The maximum absolute atomic E-state index is 4.03. The fourth-order valence-electron chi connectivity index (χ4n) is 1.40. The van der Waals surface area contributed by atoms with Crippen LogP contribution in [0.1, 0.15) is 11.1 Å². The molecule has 2 rings (SSSR count). The van der Waals surface area contributed by atoms with E-state index >= 15 is 0 Å². The first-order valence-corrected chi connectivity index (χ1v) is 4.33. The molecule has 0 atom stereocenters. The molecular weight excluding hydrogens is 160 g/mol. The highest BCUT2D eigenvalue weighted by atomic mass is 15.0. The van der Waals surface area contributed by atoms with Gasteiger partial charge in [-0.1, -0.05) is 12.1 Å². The van der Waals surface area contributed by atoms with E-state index < -0.39 is 0 Å². The molecule has 0 saturated carbocycles. The second kappa shape index (κ2) is 3.05. The van der Waals surface area contributed by atoms with E-state index in [1.165, 1.54) is 16.8 Å². The molecule has 0 fully saturated rings. The van der Waals surface area contributed by atoms with Crippen LogP contribution in [0.2, 0.25) is 0 Å². The molecule has 0 N–H and O–H groups in total. The number of imidazole rings is 1. The fraction of sp³-hybridized carbons (Fsp3) is 0.182. The van der Waals surface area contributed by atoms with E-state index in [2.05, 4.69) is 37.0 Å². The molecule has 0 amide bonds. The number of hydrogen-bond acceptors (Lipinski definition) is 1. The summed E-state index contributed by atoms with van der Waals surface area (Å²) >= 11 is 0. The van der Waals surface area contributed by atoms with Gasteiger partial charge in [-0.15, -0.1) is 0 Å². The summed E-state index contributed by atoms with van der Waals surface area (Å²) in [4.78, 5) is 4.03. The minimum atomic E-state index is 1.21. The third-order valence-corrected chi connectivity index (χ3v) is 2.15. The normalized spacial score (nSPS) is 10.3. The third-order valence-electron chi connectivity index (χ3n) is 2.15. The van der Waals surface area contributed by atoms with Crippen molar-refractivity contribution in [3.8, 4) is 5.69 Å². The van der Waals surface area contributed by atoms with Crippen molar-refractivity contribution in [2.24, 2.45) is 0 Å². The van der Waals surface area contributed by atoms with Crippen LogP contribution in [0.4, 0.5) is 0 Å². The Balaban J connectivity index is 2.57. The highest BCUT2D eigenvalue weighted by Gasteiger charge is 1.99. The van der Waals surface area contributed by atoms with Crippen molar-refractivity contribution in [3.05, 3.63) is 48.0 Å². The van der Waals surface area contributed by atoms with E-state index in [9.17, 15) is 0 Å². The maximum atomic E-state index is 4.03. The highest BCUT2D eigenvalue weighted by molar-refractivity contribution is 5.42. The van der Waals surface area contributed by atoms with Crippen LogP contribution in [0.15, 0.2) is 36.9 Å². The lowest BCUT2D eigenvalue weighted by molar-refractivity contribution is 1.04. The summed E-state index contributed by atoms with van der Waals surface area (Å²) in [5, 5.41) is 0. The fourth-order valence-corrected chi connectivity index (χ4v) is 1.40.